The molecule has 2 aromatic carbocycles. The smallest absolute Gasteiger partial charge is 0.226 e. The number of amides is 1. The second kappa shape index (κ2) is 8.52. The third-order valence-corrected chi connectivity index (χ3v) is 7.14. The summed E-state index contributed by atoms with van der Waals surface area (Å²) in [4.78, 5) is 15.6. The zero-order valence-corrected chi connectivity index (χ0v) is 17.9. The Kier molecular flexibility index (Phi) is 5.59. The zero-order chi connectivity index (χ0) is 21.4. The predicted octanol–water partition coefficient (Wildman–Crippen LogP) is 3.46. The summed E-state index contributed by atoms with van der Waals surface area (Å²) in [6.07, 6.45) is 2.49. The van der Waals surface area contributed by atoms with Crippen LogP contribution in [0.4, 0.5) is 5.69 Å². The molecule has 2 fully saturated rings. The van der Waals surface area contributed by atoms with Gasteiger partial charge in [-0.2, -0.15) is 0 Å². The van der Waals surface area contributed by atoms with Crippen molar-refractivity contribution in [1.82, 2.24) is 4.90 Å². The largest absolute Gasteiger partial charge is 0.496 e. The van der Waals surface area contributed by atoms with E-state index in [1.807, 2.05) is 18.2 Å². The molecular weight excluding hydrogens is 392 g/mol. The minimum absolute atomic E-state index is 0.0154. The Morgan fingerprint density at radius 2 is 2.00 bits per heavy atom. The molecule has 3 aliphatic heterocycles. The van der Waals surface area contributed by atoms with Crippen LogP contribution < -0.4 is 10.1 Å². The van der Waals surface area contributed by atoms with Crippen LogP contribution in [0.25, 0.3) is 11.1 Å². The SMILES string of the molecule is COc1ccccc1-c1ccc2c(c1)[C@H]1[C@H](CCN1C(=O)C1CCOCC1)[C@H](CO)N2. The normalized spacial score (nSPS) is 25.5. The molecule has 6 nitrogen and oxygen atoms in total. The van der Waals surface area contributed by atoms with E-state index >= 15 is 0 Å². The highest BCUT2D eigenvalue weighted by molar-refractivity contribution is 5.81. The molecule has 0 unspecified atom stereocenters. The second-order valence-electron chi connectivity index (χ2n) is 8.75. The van der Waals surface area contributed by atoms with Gasteiger partial charge in [-0.05, 0) is 48.6 Å². The topological polar surface area (TPSA) is 71.0 Å². The lowest BCUT2D eigenvalue weighted by Crippen LogP contribution is -2.44. The van der Waals surface area contributed by atoms with Crippen molar-refractivity contribution >= 4 is 11.6 Å². The Morgan fingerprint density at radius 1 is 1.19 bits per heavy atom. The summed E-state index contributed by atoms with van der Waals surface area (Å²) in [6.45, 7) is 2.12. The summed E-state index contributed by atoms with van der Waals surface area (Å²) in [5, 5.41) is 13.6. The highest BCUT2D eigenvalue weighted by Gasteiger charge is 2.46. The maximum absolute atomic E-state index is 13.5. The lowest BCUT2D eigenvalue weighted by atomic mass is 9.81. The number of para-hydroxylation sites is 1. The van der Waals surface area contributed by atoms with E-state index in [9.17, 15) is 9.90 Å². The number of carbonyl (C=O) groups excluding carboxylic acids is 1. The van der Waals surface area contributed by atoms with Crippen LogP contribution in [0.3, 0.4) is 0 Å². The molecule has 0 aliphatic carbocycles. The first-order valence-corrected chi connectivity index (χ1v) is 11.2. The van der Waals surface area contributed by atoms with Gasteiger partial charge in [0, 0.05) is 42.8 Å². The summed E-state index contributed by atoms with van der Waals surface area (Å²) in [5.74, 6) is 1.31. The van der Waals surface area contributed by atoms with Crippen LogP contribution in [0.15, 0.2) is 42.5 Å². The van der Waals surface area contributed by atoms with E-state index in [1.165, 1.54) is 0 Å². The van der Waals surface area contributed by atoms with Crippen LogP contribution in [0.5, 0.6) is 5.75 Å². The van der Waals surface area contributed by atoms with Gasteiger partial charge in [0.15, 0.2) is 0 Å². The van der Waals surface area contributed by atoms with Gasteiger partial charge in [-0.25, -0.2) is 0 Å². The highest BCUT2D eigenvalue weighted by Crippen LogP contribution is 2.48. The molecule has 6 heteroatoms. The van der Waals surface area contributed by atoms with Gasteiger partial charge in [-0.1, -0.05) is 24.3 Å². The monoisotopic (exact) mass is 422 g/mol. The van der Waals surface area contributed by atoms with Crippen molar-refractivity contribution in [1.29, 1.82) is 0 Å². The Labute approximate surface area is 183 Å². The molecule has 3 atom stereocenters. The van der Waals surface area contributed by atoms with Crippen molar-refractivity contribution in [3.05, 3.63) is 48.0 Å². The van der Waals surface area contributed by atoms with Gasteiger partial charge in [0.1, 0.15) is 5.75 Å². The molecule has 2 aromatic rings. The number of hydrogen-bond acceptors (Lipinski definition) is 5. The summed E-state index contributed by atoms with van der Waals surface area (Å²) in [6, 6.07) is 14.3. The molecule has 3 heterocycles. The van der Waals surface area contributed by atoms with Crippen molar-refractivity contribution in [2.45, 2.75) is 31.3 Å². The molecule has 1 amide bonds. The van der Waals surface area contributed by atoms with Crippen LogP contribution in [0, 0.1) is 11.8 Å². The Bertz CT molecular complexity index is 956. The average molecular weight is 423 g/mol. The average Bonchev–Trinajstić information content (AvgIpc) is 3.29. The fourth-order valence-electron chi connectivity index (χ4n) is 5.54. The number of hydrogen-bond donors (Lipinski definition) is 2. The number of rotatable bonds is 4. The first-order chi connectivity index (χ1) is 15.2. The van der Waals surface area contributed by atoms with Gasteiger partial charge in [0.05, 0.1) is 25.8 Å². The van der Waals surface area contributed by atoms with Crippen LogP contribution in [-0.4, -0.2) is 55.4 Å². The van der Waals surface area contributed by atoms with Crippen molar-refractivity contribution in [2.75, 3.05) is 38.8 Å². The van der Waals surface area contributed by atoms with Crippen molar-refractivity contribution in [3.63, 3.8) is 0 Å². The number of carbonyl (C=O) groups is 1. The minimum atomic E-state index is -0.0397. The van der Waals surface area contributed by atoms with E-state index in [2.05, 4.69) is 34.5 Å². The third kappa shape index (κ3) is 3.58. The number of nitrogens with one attached hydrogen (secondary N) is 1. The van der Waals surface area contributed by atoms with E-state index in [1.54, 1.807) is 7.11 Å². The summed E-state index contributed by atoms with van der Waals surface area (Å²) >= 11 is 0. The summed E-state index contributed by atoms with van der Waals surface area (Å²) in [7, 11) is 1.69. The number of nitrogens with zero attached hydrogens (tertiary/aromatic N) is 1. The third-order valence-electron chi connectivity index (χ3n) is 7.14. The first kappa shape index (κ1) is 20.3. The first-order valence-electron chi connectivity index (χ1n) is 11.2. The molecule has 5 rings (SSSR count). The van der Waals surface area contributed by atoms with Crippen molar-refractivity contribution in [2.24, 2.45) is 11.8 Å². The minimum Gasteiger partial charge on any atom is -0.496 e. The van der Waals surface area contributed by atoms with Gasteiger partial charge in [-0.3, -0.25) is 4.79 Å². The number of benzene rings is 2. The number of ether oxygens (including phenoxy) is 2. The maximum atomic E-state index is 13.5. The summed E-state index contributed by atoms with van der Waals surface area (Å²) < 4.78 is 11.0. The van der Waals surface area contributed by atoms with Crippen LogP contribution in [-0.2, 0) is 9.53 Å². The molecule has 164 valence electrons. The standard InChI is InChI=1S/C25H30N2O4/c1-30-23-5-3-2-4-18(23)17-6-7-21-20(14-17)24-19(22(15-28)26-21)8-11-27(24)25(29)16-9-12-31-13-10-16/h2-7,14,16,19,22,24,26,28H,8-13,15H2,1H3/t19-,22+,24-/m1/s1. The number of fused-ring (bicyclic) bond motifs is 3. The molecule has 31 heavy (non-hydrogen) atoms. The van der Waals surface area contributed by atoms with E-state index in [-0.39, 0.29) is 36.4 Å². The van der Waals surface area contributed by atoms with E-state index in [4.69, 9.17) is 9.47 Å². The molecule has 3 aliphatic rings. The molecule has 0 bridgehead atoms. The quantitative estimate of drug-likeness (QED) is 0.790. The molecule has 0 spiro atoms. The number of methoxy groups -OCH3 is 1. The number of likely N-dealkylation sites (tertiary alicyclic amines) is 1. The number of aliphatic hydroxyl groups excluding tert-OH is 1. The van der Waals surface area contributed by atoms with Crippen LogP contribution >= 0.6 is 0 Å². The number of anilines is 1. The van der Waals surface area contributed by atoms with Gasteiger partial charge < -0.3 is 24.8 Å². The van der Waals surface area contributed by atoms with Gasteiger partial charge in [-0.15, -0.1) is 0 Å². The lowest BCUT2D eigenvalue weighted by molar-refractivity contribution is -0.140. The zero-order valence-electron chi connectivity index (χ0n) is 17.9. The molecule has 0 saturated carbocycles. The molecule has 0 radical (unpaired) electrons. The molecule has 0 aromatic heterocycles. The second-order valence-corrected chi connectivity index (χ2v) is 8.75. The fraction of sp³-hybridized carbons (Fsp3) is 0.480. The van der Waals surface area contributed by atoms with Crippen LogP contribution in [0.1, 0.15) is 30.9 Å². The van der Waals surface area contributed by atoms with E-state index in [0.717, 1.165) is 53.9 Å². The molecular formula is C25H30N2O4. The fourth-order valence-corrected chi connectivity index (χ4v) is 5.54. The Hall–Kier alpha value is -2.57. The lowest BCUT2D eigenvalue weighted by Gasteiger charge is -2.40. The predicted molar refractivity (Wildman–Crippen MR) is 119 cm³/mol. The van der Waals surface area contributed by atoms with Crippen LogP contribution in [0.2, 0.25) is 0 Å². The number of aliphatic hydroxyl groups is 1. The molecule has 2 saturated heterocycles. The maximum Gasteiger partial charge on any atom is 0.226 e. The van der Waals surface area contributed by atoms with E-state index < -0.39 is 0 Å². The highest BCUT2D eigenvalue weighted by atomic mass is 16.5. The van der Waals surface area contributed by atoms with E-state index in [0.29, 0.717) is 13.2 Å². The summed E-state index contributed by atoms with van der Waals surface area (Å²) in [5.41, 5.74) is 4.25. The Morgan fingerprint density at radius 3 is 2.77 bits per heavy atom. The molecule has 2 N–H and O–H groups in total. The Balaban J connectivity index is 1.54. The van der Waals surface area contributed by atoms with Crippen molar-refractivity contribution < 1.29 is 19.4 Å². The van der Waals surface area contributed by atoms with Gasteiger partial charge in [0.2, 0.25) is 5.91 Å². The van der Waals surface area contributed by atoms with Gasteiger partial charge in [0.25, 0.3) is 0 Å². The van der Waals surface area contributed by atoms with Gasteiger partial charge >= 0.3 is 0 Å². The van der Waals surface area contributed by atoms with Crippen molar-refractivity contribution in [3.8, 4) is 16.9 Å².